The second-order valence-electron chi connectivity index (χ2n) is 4.58. The number of carbonyl (C=O) groups excluding carboxylic acids is 1. The van der Waals surface area contributed by atoms with Crippen LogP contribution in [-0.4, -0.2) is 19.0 Å². The molecule has 100 valence electrons. The van der Waals surface area contributed by atoms with Crippen molar-refractivity contribution in [1.29, 1.82) is 0 Å². The monoisotopic (exact) mass is 248 g/mol. The molecule has 0 radical (unpaired) electrons. The summed E-state index contributed by atoms with van der Waals surface area (Å²) in [4.78, 5) is 11.6. The number of hydrogen-bond donors (Lipinski definition) is 2. The van der Waals surface area contributed by atoms with Gasteiger partial charge in [-0.15, -0.1) is 0 Å². The van der Waals surface area contributed by atoms with Crippen molar-refractivity contribution in [2.75, 3.05) is 12.4 Å². The number of amides is 1. The Hall–Kier alpha value is -1.51. The average Bonchev–Trinajstić information content (AvgIpc) is 2.39. The molecule has 0 saturated carbocycles. The molecule has 1 rings (SSSR count). The van der Waals surface area contributed by atoms with Crippen molar-refractivity contribution < 1.29 is 4.79 Å². The Labute approximate surface area is 110 Å². The summed E-state index contributed by atoms with van der Waals surface area (Å²) >= 11 is 0. The number of hydrogen-bond acceptors (Lipinski definition) is 2. The van der Waals surface area contributed by atoms with Crippen LogP contribution in [0.5, 0.6) is 0 Å². The molecule has 0 atom stereocenters. The van der Waals surface area contributed by atoms with E-state index in [0.29, 0.717) is 11.6 Å². The largest absolute Gasteiger partial charge is 0.382 e. The van der Waals surface area contributed by atoms with Crippen molar-refractivity contribution in [2.24, 2.45) is 0 Å². The standard InChI is InChI=1S/C15H24N2O/c1-4-7-13(8-5-2)17-14-10-6-9-12(11-14)15(18)16-3/h6,9-11,13,17H,4-5,7-8H2,1-3H3,(H,16,18). The van der Waals surface area contributed by atoms with Crippen molar-refractivity contribution in [3.05, 3.63) is 29.8 Å². The van der Waals surface area contributed by atoms with Crippen LogP contribution < -0.4 is 10.6 Å². The second-order valence-corrected chi connectivity index (χ2v) is 4.58. The molecule has 0 spiro atoms. The third-order valence-electron chi connectivity index (χ3n) is 3.00. The molecule has 0 aliphatic heterocycles. The fraction of sp³-hybridized carbons (Fsp3) is 0.533. The number of anilines is 1. The third-order valence-corrected chi connectivity index (χ3v) is 3.00. The molecule has 2 N–H and O–H groups in total. The molecule has 0 saturated heterocycles. The summed E-state index contributed by atoms with van der Waals surface area (Å²) in [5.41, 5.74) is 1.73. The first kappa shape index (κ1) is 14.6. The highest BCUT2D eigenvalue weighted by molar-refractivity contribution is 5.94. The molecule has 0 aliphatic carbocycles. The zero-order valence-electron chi connectivity index (χ0n) is 11.6. The van der Waals surface area contributed by atoms with Crippen molar-refractivity contribution in [3.63, 3.8) is 0 Å². The van der Waals surface area contributed by atoms with E-state index in [4.69, 9.17) is 0 Å². The van der Waals surface area contributed by atoms with E-state index >= 15 is 0 Å². The van der Waals surface area contributed by atoms with Gasteiger partial charge in [0, 0.05) is 24.3 Å². The van der Waals surface area contributed by atoms with Crippen LogP contribution in [0, 0.1) is 0 Å². The van der Waals surface area contributed by atoms with E-state index in [1.54, 1.807) is 7.05 Å². The molecular formula is C15H24N2O. The molecule has 0 fully saturated rings. The van der Waals surface area contributed by atoms with Gasteiger partial charge in [0.2, 0.25) is 0 Å². The summed E-state index contributed by atoms with van der Waals surface area (Å²) in [6.07, 6.45) is 4.68. The molecule has 3 heteroatoms. The quantitative estimate of drug-likeness (QED) is 0.776. The maximum absolute atomic E-state index is 11.6. The minimum Gasteiger partial charge on any atom is -0.382 e. The molecule has 18 heavy (non-hydrogen) atoms. The van der Waals surface area contributed by atoms with Gasteiger partial charge in [-0.1, -0.05) is 32.8 Å². The van der Waals surface area contributed by atoms with Gasteiger partial charge >= 0.3 is 0 Å². The van der Waals surface area contributed by atoms with Gasteiger partial charge in [0.25, 0.3) is 5.91 Å². The number of benzene rings is 1. The summed E-state index contributed by atoms with van der Waals surface area (Å²) < 4.78 is 0. The van der Waals surface area contributed by atoms with Gasteiger partial charge in [-0.25, -0.2) is 0 Å². The third kappa shape index (κ3) is 4.40. The summed E-state index contributed by atoms with van der Waals surface area (Å²) in [5.74, 6) is -0.0406. The highest BCUT2D eigenvalue weighted by Gasteiger charge is 2.08. The molecule has 1 aromatic rings. The van der Waals surface area contributed by atoms with Crippen LogP contribution in [0.15, 0.2) is 24.3 Å². The fourth-order valence-electron chi connectivity index (χ4n) is 2.12. The van der Waals surface area contributed by atoms with Crippen molar-refractivity contribution in [2.45, 2.75) is 45.6 Å². The van der Waals surface area contributed by atoms with Crippen LogP contribution in [0.1, 0.15) is 49.9 Å². The molecule has 3 nitrogen and oxygen atoms in total. The van der Waals surface area contributed by atoms with Crippen molar-refractivity contribution >= 4 is 11.6 Å². The van der Waals surface area contributed by atoms with Gasteiger partial charge in [-0.05, 0) is 31.0 Å². The predicted octanol–water partition coefficient (Wildman–Crippen LogP) is 3.43. The summed E-state index contributed by atoms with van der Waals surface area (Å²) in [6, 6.07) is 8.18. The van der Waals surface area contributed by atoms with Crippen LogP contribution in [0.2, 0.25) is 0 Å². The zero-order valence-corrected chi connectivity index (χ0v) is 11.6. The molecule has 0 bridgehead atoms. The Morgan fingerprint density at radius 2 is 1.89 bits per heavy atom. The zero-order chi connectivity index (χ0) is 13.4. The Morgan fingerprint density at radius 3 is 2.44 bits per heavy atom. The van der Waals surface area contributed by atoms with E-state index in [9.17, 15) is 4.79 Å². The smallest absolute Gasteiger partial charge is 0.251 e. The fourth-order valence-corrected chi connectivity index (χ4v) is 2.12. The first-order valence-electron chi connectivity index (χ1n) is 6.79. The van der Waals surface area contributed by atoms with Crippen molar-refractivity contribution in [3.8, 4) is 0 Å². The van der Waals surface area contributed by atoms with Gasteiger partial charge < -0.3 is 10.6 Å². The van der Waals surface area contributed by atoms with E-state index in [1.807, 2.05) is 24.3 Å². The van der Waals surface area contributed by atoms with Gasteiger partial charge in [0.15, 0.2) is 0 Å². The molecule has 0 aromatic heterocycles. The molecule has 0 heterocycles. The van der Waals surface area contributed by atoms with E-state index in [2.05, 4.69) is 24.5 Å². The van der Waals surface area contributed by atoms with Crippen LogP contribution in [-0.2, 0) is 0 Å². The van der Waals surface area contributed by atoms with Crippen molar-refractivity contribution in [1.82, 2.24) is 5.32 Å². The van der Waals surface area contributed by atoms with E-state index < -0.39 is 0 Å². The average molecular weight is 248 g/mol. The first-order valence-corrected chi connectivity index (χ1v) is 6.79. The van der Waals surface area contributed by atoms with Crippen LogP contribution in [0.4, 0.5) is 5.69 Å². The molecule has 0 aliphatic rings. The molecule has 0 unspecified atom stereocenters. The van der Waals surface area contributed by atoms with Gasteiger partial charge in [-0.2, -0.15) is 0 Å². The Bertz CT molecular complexity index is 371. The first-order chi connectivity index (χ1) is 8.71. The van der Waals surface area contributed by atoms with Gasteiger partial charge in [0.05, 0.1) is 0 Å². The number of nitrogens with one attached hydrogen (secondary N) is 2. The summed E-state index contributed by atoms with van der Waals surface area (Å²) in [6.45, 7) is 4.40. The topological polar surface area (TPSA) is 41.1 Å². The van der Waals surface area contributed by atoms with E-state index in [-0.39, 0.29) is 5.91 Å². The number of rotatable bonds is 7. The van der Waals surface area contributed by atoms with Gasteiger partial charge in [0.1, 0.15) is 0 Å². The summed E-state index contributed by atoms with van der Waals surface area (Å²) in [5, 5.41) is 6.17. The van der Waals surface area contributed by atoms with Crippen LogP contribution in [0.25, 0.3) is 0 Å². The highest BCUT2D eigenvalue weighted by Crippen LogP contribution is 2.16. The SMILES string of the molecule is CCCC(CCC)Nc1cccc(C(=O)NC)c1. The lowest BCUT2D eigenvalue weighted by Crippen LogP contribution is -2.20. The normalized spacial score (nSPS) is 10.4. The minimum absolute atomic E-state index is 0.0406. The van der Waals surface area contributed by atoms with E-state index in [1.165, 1.54) is 12.8 Å². The lowest BCUT2D eigenvalue weighted by Gasteiger charge is -2.19. The van der Waals surface area contributed by atoms with Crippen LogP contribution >= 0.6 is 0 Å². The lowest BCUT2D eigenvalue weighted by molar-refractivity contribution is 0.0963. The highest BCUT2D eigenvalue weighted by atomic mass is 16.1. The maximum atomic E-state index is 11.6. The maximum Gasteiger partial charge on any atom is 0.251 e. The second kappa shape index (κ2) is 7.75. The van der Waals surface area contributed by atoms with Crippen LogP contribution in [0.3, 0.4) is 0 Å². The van der Waals surface area contributed by atoms with Gasteiger partial charge in [-0.3, -0.25) is 4.79 Å². The summed E-state index contributed by atoms with van der Waals surface area (Å²) in [7, 11) is 1.65. The Kier molecular flexibility index (Phi) is 6.26. The Morgan fingerprint density at radius 1 is 1.22 bits per heavy atom. The Balaban J connectivity index is 2.73. The number of carbonyl (C=O) groups is 1. The molecular weight excluding hydrogens is 224 g/mol. The lowest BCUT2D eigenvalue weighted by atomic mass is 10.1. The predicted molar refractivity (Wildman–Crippen MR) is 77.1 cm³/mol. The minimum atomic E-state index is -0.0406. The molecule has 1 amide bonds. The van der Waals surface area contributed by atoms with E-state index in [0.717, 1.165) is 18.5 Å². The molecule has 1 aromatic carbocycles.